The average molecular weight is 263 g/mol. The monoisotopic (exact) mass is 263 g/mol. The minimum absolute atomic E-state index is 0.176. The van der Waals surface area contributed by atoms with Crippen LogP contribution in [0.15, 0.2) is 49.1 Å². The second kappa shape index (κ2) is 14.2. The summed E-state index contributed by atoms with van der Waals surface area (Å²) in [5, 5.41) is 11.0. The van der Waals surface area contributed by atoms with E-state index in [9.17, 15) is 4.79 Å². The fraction of sp³-hybridized carbons (Fsp3) is 0.312. The average Bonchev–Trinajstić information content (AvgIpc) is 2.42. The maximum atomic E-state index is 9.60. The fourth-order valence-corrected chi connectivity index (χ4v) is 0.839. The van der Waals surface area contributed by atoms with Gasteiger partial charge in [-0.3, -0.25) is 0 Å². The van der Waals surface area contributed by atoms with Crippen LogP contribution in [0.1, 0.15) is 26.3 Å². The highest BCUT2D eigenvalue weighted by molar-refractivity contribution is 5.84. The summed E-state index contributed by atoms with van der Waals surface area (Å²) in [6.45, 7) is 14.6. The van der Waals surface area contributed by atoms with Crippen molar-refractivity contribution < 1.29 is 9.90 Å². The van der Waals surface area contributed by atoms with Crippen molar-refractivity contribution in [2.24, 2.45) is 0 Å². The van der Waals surface area contributed by atoms with Crippen LogP contribution in [-0.4, -0.2) is 24.2 Å². The Labute approximate surface area is 116 Å². The first-order valence-electron chi connectivity index (χ1n) is 6.26. The van der Waals surface area contributed by atoms with Crippen LogP contribution >= 0.6 is 0 Å². The summed E-state index contributed by atoms with van der Waals surface area (Å²) in [5.74, 6) is -0.935. The van der Waals surface area contributed by atoms with E-state index in [1.807, 2.05) is 36.4 Å². The SMILES string of the molecule is C=C(C)C(=O)O.C=Cc1ccccc1.CCNCC. The largest absolute Gasteiger partial charge is 0.478 e. The first kappa shape index (κ1) is 19.5. The molecule has 0 saturated heterocycles. The van der Waals surface area contributed by atoms with Gasteiger partial charge < -0.3 is 10.4 Å². The number of carboxylic acid groups (broad SMARTS) is 1. The zero-order chi connectivity index (χ0) is 15.1. The van der Waals surface area contributed by atoms with Gasteiger partial charge in [0.2, 0.25) is 0 Å². The molecule has 0 aromatic heterocycles. The van der Waals surface area contributed by atoms with Crippen LogP contribution in [0.25, 0.3) is 6.08 Å². The van der Waals surface area contributed by atoms with Crippen molar-refractivity contribution in [1.82, 2.24) is 5.32 Å². The highest BCUT2D eigenvalue weighted by atomic mass is 16.4. The predicted molar refractivity (Wildman–Crippen MR) is 83.2 cm³/mol. The maximum absolute atomic E-state index is 9.60. The Morgan fingerprint density at radius 1 is 1.26 bits per heavy atom. The lowest BCUT2D eigenvalue weighted by atomic mass is 10.2. The molecule has 3 nitrogen and oxygen atoms in total. The quantitative estimate of drug-likeness (QED) is 0.816. The molecular formula is C16H25NO2. The van der Waals surface area contributed by atoms with Gasteiger partial charge in [-0.1, -0.05) is 63.4 Å². The summed E-state index contributed by atoms with van der Waals surface area (Å²) < 4.78 is 0. The Bertz CT molecular complexity index is 344. The molecule has 0 fully saturated rings. The Morgan fingerprint density at radius 3 is 1.84 bits per heavy atom. The van der Waals surface area contributed by atoms with Crippen molar-refractivity contribution in [3.63, 3.8) is 0 Å². The Morgan fingerprint density at radius 2 is 1.68 bits per heavy atom. The number of hydrogen-bond acceptors (Lipinski definition) is 2. The summed E-state index contributed by atoms with van der Waals surface area (Å²) >= 11 is 0. The normalized spacial score (nSPS) is 8.16. The number of aliphatic carboxylic acids is 1. The zero-order valence-electron chi connectivity index (χ0n) is 12.1. The van der Waals surface area contributed by atoms with Crippen molar-refractivity contribution in [2.45, 2.75) is 20.8 Å². The second-order valence-electron chi connectivity index (χ2n) is 3.66. The standard InChI is InChI=1S/C8H8.C4H11N.C4H6O2/c1-2-8-6-4-3-5-7-8;1-3-5-4-2;1-3(2)4(5)6/h2-7H,1H2;5H,3-4H2,1-2H3;1H2,2H3,(H,5,6). The number of benzene rings is 1. The number of hydrogen-bond donors (Lipinski definition) is 2. The molecule has 1 rings (SSSR count). The van der Waals surface area contributed by atoms with Crippen LogP contribution < -0.4 is 5.32 Å². The van der Waals surface area contributed by atoms with Crippen LogP contribution in [-0.2, 0) is 4.79 Å². The third kappa shape index (κ3) is 16.1. The highest BCUT2D eigenvalue weighted by Gasteiger charge is 1.90. The first-order valence-corrected chi connectivity index (χ1v) is 6.26. The van der Waals surface area contributed by atoms with Gasteiger partial charge >= 0.3 is 5.97 Å². The molecule has 0 spiro atoms. The van der Waals surface area contributed by atoms with E-state index in [4.69, 9.17) is 5.11 Å². The lowest BCUT2D eigenvalue weighted by Gasteiger charge is -1.86. The molecule has 0 heterocycles. The van der Waals surface area contributed by atoms with Crippen molar-refractivity contribution >= 4 is 12.0 Å². The molecule has 0 amide bonds. The summed E-state index contributed by atoms with van der Waals surface area (Å²) in [6.07, 6.45) is 1.83. The lowest BCUT2D eigenvalue weighted by Crippen LogP contribution is -2.09. The van der Waals surface area contributed by atoms with Gasteiger partial charge in [0, 0.05) is 5.57 Å². The molecule has 0 saturated carbocycles. The highest BCUT2D eigenvalue weighted by Crippen LogP contribution is 1.97. The molecule has 0 aliphatic carbocycles. The van der Waals surface area contributed by atoms with E-state index in [1.54, 1.807) is 0 Å². The van der Waals surface area contributed by atoms with E-state index in [-0.39, 0.29) is 5.57 Å². The summed E-state index contributed by atoms with van der Waals surface area (Å²) in [7, 11) is 0. The Kier molecular flexibility index (Phi) is 14.5. The van der Waals surface area contributed by atoms with Gasteiger partial charge in [-0.15, -0.1) is 0 Å². The molecule has 0 radical (unpaired) electrons. The van der Waals surface area contributed by atoms with E-state index in [1.165, 1.54) is 12.5 Å². The zero-order valence-corrected chi connectivity index (χ0v) is 12.1. The third-order valence-electron chi connectivity index (χ3n) is 1.90. The predicted octanol–water partition coefficient (Wildman–Crippen LogP) is 3.59. The van der Waals surface area contributed by atoms with Crippen molar-refractivity contribution in [3.05, 3.63) is 54.6 Å². The topological polar surface area (TPSA) is 49.3 Å². The molecule has 0 aliphatic rings. The molecular weight excluding hydrogens is 238 g/mol. The van der Waals surface area contributed by atoms with Gasteiger partial charge in [-0.25, -0.2) is 4.79 Å². The molecule has 1 aromatic carbocycles. The van der Waals surface area contributed by atoms with Crippen LogP contribution in [0.5, 0.6) is 0 Å². The molecule has 1 aromatic rings. The molecule has 19 heavy (non-hydrogen) atoms. The van der Waals surface area contributed by atoms with Crippen molar-refractivity contribution in [2.75, 3.05) is 13.1 Å². The molecule has 0 bridgehead atoms. The smallest absolute Gasteiger partial charge is 0.330 e. The second-order valence-corrected chi connectivity index (χ2v) is 3.66. The summed E-state index contributed by atoms with van der Waals surface area (Å²) in [4.78, 5) is 9.60. The van der Waals surface area contributed by atoms with Crippen LogP contribution in [0.4, 0.5) is 0 Å². The van der Waals surface area contributed by atoms with Gasteiger partial charge in [-0.2, -0.15) is 0 Å². The maximum Gasteiger partial charge on any atom is 0.330 e. The van der Waals surface area contributed by atoms with E-state index in [2.05, 4.69) is 32.3 Å². The summed E-state index contributed by atoms with van der Waals surface area (Å²) in [6, 6.07) is 10.0. The van der Waals surface area contributed by atoms with E-state index in [0.29, 0.717) is 0 Å². The minimum atomic E-state index is -0.935. The Hall–Kier alpha value is -1.87. The van der Waals surface area contributed by atoms with E-state index >= 15 is 0 Å². The van der Waals surface area contributed by atoms with E-state index in [0.717, 1.165) is 13.1 Å². The summed E-state index contributed by atoms with van der Waals surface area (Å²) in [5.41, 5.74) is 1.35. The number of nitrogens with one attached hydrogen (secondary N) is 1. The van der Waals surface area contributed by atoms with Crippen LogP contribution in [0.3, 0.4) is 0 Å². The molecule has 0 unspecified atom stereocenters. The first-order chi connectivity index (χ1) is 8.99. The Balaban J connectivity index is 0. The molecule has 106 valence electrons. The van der Waals surface area contributed by atoms with Gasteiger partial charge in [0.15, 0.2) is 0 Å². The van der Waals surface area contributed by atoms with Gasteiger partial charge in [0.05, 0.1) is 0 Å². The van der Waals surface area contributed by atoms with Crippen LogP contribution in [0.2, 0.25) is 0 Å². The van der Waals surface area contributed by atoms with Crippen LogP contribution in [0, 0.1) is 0 Å². The molecule has 0 atom stereocenters. The molecule has 3 heteroatoms. The number of rotatable bonds is 4. The van der Waals surface area contributed by atoms with Crippen molar-refractivity contribution in [3.8, 4) is 0 Å². The van der Waals surface area contributed by atoms with Crippen molar-refractivity contribution in [1.29, 1.82) is 0 Å². The number of carbonyl (C=O) groups is 1. The van der Waals surface area contributed by atoms with Gasteiger partial charge in [0.1, 0.15) is 0 Å². The third-order valence-corrected chi connectivity index (χ3v) is 1.90. The van der Waals surface area contributed by atoms with E-state index < -0.39 is 5.97 Å². The molecule has 2 N–H and O–H groups in total. The van der Waals surface area contributed by atoms with Gasteiger partial charge in [-0.05, 0) is 25.6 Å². The number of carboxylic acids is 1. The van der Waals surface area contributed by atoms with Gasteiger partial charge in [0.25, 0.3) is 0 Å². The lowest BCUT2D eigenvalue weighted by molar-refractivity contribution is -0.132. The minimum Gasteiger partial charge on any atom is -0.478 e. The fourth-order valence-electron chi connectivity index (χ4n) is 0.839. The molecule has 0 aliphatic heterocycles.